The van der Waals surface area contributed by atoms with Gasteiger partial charge < -0.3 is 4.90 Å². The average Bonchev–Trinajstić information content (AvgIpc) is 3.07. The highest BCUT2D eigenvalue weighted by molar-refractivity contribution is 6.22. The molecule has 0 aliphatic carbocycles. The summed E-state index contributed by atoms with van der Waals surface area (Å²) in [6.07, 6.45) is 0.689. The molecule has 3 aromatic carbocycles. The van der Waals surface area contributed by atoms with Gasteiger partial charge in [0, 0.05) is 13.1 Å². The van der Waals surface area contributed by atoms with Crippen LogP contribution >= 0.6 is 0 Å². The molecular weight excluding hydrogens is 388 g/mol. The van der Waals surface area contributed by atoms with Gasteiger partial charge in [-0.25, -0.2) is 0 Å². The molecule has 156 valence electrons. The Labute approximate surface area is 181 Å². The summed E-state index contributed by atoms with van der Waals surface area (Å²) in [4.78, 5) is 42.0. The number of imide groups is 1. The van der Waals surface area contributed by atoms with Gasteiger partial charge in [0.1, 0.15) is 6.04 Å². The molecule has 1 heterocycles. The van der Waals surface area contributed by atoms with Gasteiger partial charge in [0.25, 0.3) is 11.8 Å². The van der Waals surface area contributed by atoms with Gasteiger partial charge in [-0.15, -0.1) is 0 Å². The predicted octanol–water partition coefficient (Wildman–Crippen LogP) is 3.94. The van der Waals surface area contributed by atoms with Crippen LogP contribution in [0.1, 0.15) is 38.8 Å². The number of carbonyl (C=O) groups is 3. The topological polar surface area (TPSA) is 57.7 Å². The molecule has 0 bridgehead atoms. The molecule has 0 aromatic heterocycles. The minimum Gasteiger partial charge on any atom is -0.336 e. The van der Waals surface area contributed by atoms with Gasteiger partial charge in [-0.3, -0.25) is 19.3 Å². The first-order valence-electron chi connectivity index (χ1n) is 10.4. The fourth-order valence-corrected chi connectivity index (χ4v) is 3.91. The Kier molecular flexibility index (Phi) is 5.94. The number of fused-ring (bicyclic) bond motifs is 1. The molecule has 1 atom stereocenters. The standard InChI is InChI=1S/C26H24N2O3/c1-19(28-25(30)22-14-8-9-15-23(22)26(28)31)24(29)27(18-21-12-6-3-7-13-21)17-16-20-10-4-2-5-11-20/h2-15,19H,16-18H2,1H3. The summed E-state index contributed by atoms with van der Waals surface area (Å²) in [7, 11) is 0. The summed E-state index contributed by atoms with van der Waals surface area (Å²) in [5, 5.41) is 0. The van der Waals surface area contributed by atoms with Crippen LogP contribution < -0.4 is 0 Å². The third-order valence-corrected chi connectivity index (χ3v) is 5.61. The summed E-state index contributed by atoms with van der Waals surface area (Å²) in [6.45, 7) is 2.54. The molecule has 0 N–H and O–H groups in total. The van der Waals surface area contributed by atoms with E-state index in [1.54, 1.807) is 36.1 Å². The van der Waals surface area contributed by atoms with Gasteiger partial charge in [-0.2, -0.15) is 0 Å². The van der Waals surface area contributed by atoms with E-state index >= 15 is 0 Å². The van der Waals surface area contributed by atoms with Gasteiger partial charge in [0.05, 0.1) is 11.1 Å². The molecule has 3 amide bonds. The van der Waals surface area contributed by atoms with Crippen molar-refractivity contribution in [1.82, 2.24) is 9.80 Å². The molecule has 3 aromatic rings. The first-order chi connectivity index (χ1) is 15.1. The Morgan fingerprint density at radius 2 is 1.26 bits per heavy atom. The zero-order valence-corrected chi connectivity index (χ0v) is 17.4. The summed E-state index contributed by atoms with van der Waals surface area (Å²) in [5.74, 6) is -1.07. The maximum absolute atomic E-state index is 13.5. The van der Waals surface area contributed by atoms with E-state index in [1.807, 2.05) is 60.7 Å². The van der Waals surface area contributed by atoms with E-state index in [4.69, 9.17) is 0 Å². The highest BCUT2D eigenvalue weighted by atomic mass is 16.2. The predicted molar refractivity (Wildman–Crippen MR) is 118 cm³/mol. The van der Waals surface area contributed by atoms with Crippen LogP contribution in [0.2, 0.25) is 0 Å². The van der Waals surface area contributed by atoms with Crippen LogP contribution in [0, 0.1) is 0 Å². The van der Waals surface area contributed by atoms with Crippen LogP contribution in [0.5, 0.6) is 0 Å². The smallest absolute Gasteiger partial charge is 0.262 e. The SMILES string of the molecule is CC(C(=O)N(CCc1ccccc1)Cc1ccccc1)N1C(=O)c2ccccc2C1=O. The Morgan fingerprint density at radius 3 is 1.81 bits per heavy atom. The van der Waals surface area contributed by atoms with Crippen LogP contribution in [0.15, 0.2) is 84.9 Å². The summed E-state index contributed by atoms with van der Waals surface area (Å²) in [5.41, 5.74) is 2.83. The Bertz CT molecular complexity index is 1060. The van der Waals surface area contributed by atoms with Crippen LogP contribution in [-0.2, 0) is 17.8 Å². The van der Waals surface area contributed by atoms with Crippen LogP contribution in [0.25, 0.3) is 0 Å². The lowest BCUT2D eigenvalue weighted by Crippen LogP contribution is -2.49. The first kappa shape index (κ1) is 20.5. The number of amides is 3. The number of hydrogen-bond donors (Lipinski definition) is 0. The van der Waals surface area contributed by atoms with Crippen molar-refractivity contribution < 1.29 is 14.4 Å². The molecule has 1 aliphatic rings. The lowest BCUT2D eigenvalue weighted by Gasteiger charge is -2.29. The normalized spacial score (nSPS) is 13.8. The van der Waals surface area contributed by atoms with Gasteiger partial charge in [0.2, 0.25) is 5.91 Å². The van der Waals surface area contributed by atoms with Gasteiger partial charge in [0.15, 0.2) is 0 Å². The van der Waals surface area contributed by atoms with Crippen LogP contribution in [0.4, 0.5) is 0 Å². The number of nitrogens with zero attached hydrogens (tertiary/aromatic N) is 2. The molecule has 0 saturated heterocycles. The monoisotopic (exact) mass is 412 g/mol. The maximum atomic E-state index is 13.5. The minimum atomic E-state index is -0.883. The summed E-state index contributed by atoms with van der Waals surface area (Å²) >= 11 is 0. The number of hydrogen-bond acceptors (Lipinski definition) is 3. The van der Waals surface area contributed by atoms with Crippen molar-refractivity contribution in [3.63, 3.8) is 0 Å². The van der Waals surface area contributed by atoms with Crippen molar-refractivity contribution in [1.29, 1.82) is 0 Å². The third-order valence-electron chi connectivity index (χ3n) is 5.61. The van der Waals surface area contributed by atoms with Crippen molar-refractivity contribution in [2.45, 2.75) is 25.9 Å². The number of carbonyl (C=O) groups excluding carboxylic acids is 3. The van der Waals surface area contributed by atoms with Crippen molar-refractivity contribution >= 4 is 17.7 Å². The zero-order valence-electron chi connectivity index (χ0n) is 17.4. The summed E-state index contributed by atoms with van der Waals surface area (Å²) < 4.78 is 0. The van der Waals surface area contributed by atoms with E-state index in [0.29, 0.717) is 30.6 Å². The molecule has 5 heteroatoms. The molecule has 0 spiro atoms. The molecule has 31 heavy (non-hydrogen) atoms. The highest BCUT2D eigenvalue weighted by Gasteiger charge is 2.41. The quantitative estimate of drug-likeness (QED) is 0.552. The van der Waals surface area contributed by atoms with E-state index in [9.17, 15) is 14.4 Å². The molecule has 5 nitrogen and oxygen atoms in total. The van der Waals surface area contributed by atoms with Gasteiger partial charge in [-0.1, -0.05) is 72.8 Å². The minimum absolute atomic E-state index is 0.241. The number of rotatable bonds is 7. The van der Waals surface area contributed by atoms with Gasteiger partial charge >= 0.3 is 0 Å². The van der Waals surface area contributed by atoms with E-state index in [1.165, 1.54) is 0 Å². The maximum Gasteiger partial charge on any atom is 0.262 e. The average molecular weight is 412 g/mol. The lowest BCUT2D eigenvalue weighted by atomic mass is 10.1. The fraction of sp³-hybridized carbons (Fsp3) is 0.192. The Balaban J connectivity index is 1.56. The van der Waals surface area contributed by atoms with Crippen molar-refractivity contribution in [2.75, 3.05) is 6.54 Å². The van der Waals surface area contributed by atoms with Crippen LogP contribution in [-0.4, -0.2) is 40.1 Å². The van der Waals surface area contributed by atoms with Gasteiger partial charge in [-0.05, 0) is 36.6 Å². The van der Waals surface area contributed by atoms with E-state index < -0.39 is 17.9 Å². The Morgan fingerprint density at radius 1 is 0.774 bits per heavy atom. The van der Waals surface area contributed by atoms with Crippen molar-refractivity contribution in [2.24, 2.45) is 0 Å². The van der Waals surface area contributed by atoms with E-state index in [2.05, 4.69) is 0 Å². The second-order valence-corrected chi connectivity index (χ2v) is 7.68. The molecule has 0 saturated carbocycles. The molecular formula is C26H24N2O3. The molecule has 4 rings (SSSR count). The molecule has 1 aliphatic heterocycles. The zero-order chi connectivity index (χ0) is 21.8. The van der Waals surface area contributed by atoms with Crippen molar-refractivity contribution in [3.05, 3.63) is 107 Å². The lowest BCUT2D eigenvalue weighted by molar-refractivity contribution is -0.135. The fourth-order valence-electron chi connectivity index (χ4n) is 3.91. The van der Waals surface area contributed by atoms with Crippen molar-refractivity contribution in [3.8, 4) is 0 Å². The summed E-state index contributed by atoms with van der Waals surface area (Å²) in [6, 6.07) is 25.5. The molecule has 1 unspecified atom stereocenters. The third kappa shape index (κ3) is 4.26. The first-order valence-corrected chi connectivity index (χ1v) is 10.4. The largest absolute Gasteiger partial charge is 0.336 e. The Hall–Kier alpha value is -3.73. The second kappa shape index (κ2) is 8.96. The van der Waals surface area contributed by atoms with E-state index in [0.717, 1.165) is 16.0 Å². The number of benzene rings is 3. The van der Waals surface area contributed by atoms with E-state index in [-0.39, 0.29) is 5.91 Å². The molecule has 0 fully saturated rings. The van der Waals surface area contributed by atoms with Crippen LogP contribution in [0.3, 0.4) is 0 Å². The second-order valence-electron chi connectivity index (χ2n) is 7.68. The molecule has 0 radical (unpaired) electrons. The highest BCUT2D eigenvalue weighted by Crippen LogP contribution is 2.25.